The van der Waals surface area contributed by atoms with Gasteiger partial charge in [-0.25, -0.2) is 0 Å². The van der Waals surface area contributed by atoms with Gasteiger partial charge in [0.1, 0.15) is 0 Å². The number of hydrogen-bond donors (Lipinski definition) is 1. The Balaban J connectivity index is 1.98. The summed E-state index contributed by atoms with van der Waals surface area (Å²) in [5.74, 6) is 0. The van der Waals surface area contributed by atoms with E-state index in [1.54, 1.807) is 0 Å². The molecule has 0 radical (unpaired) electrons. The highest BCUT2D eigenvalue weighted by atomic mass is 15.3. The Kier molecular flexibility index (Phi) is 4.10. The van der Waals surface area contributed by atoms with Crippen molar-refractivity contribution in [2.45, 2.75) is 71.4 Å². The third-order valence-corrected chi connectivity index (χ3v) is 4.71. The summed E-state index contributed by atoms with van der Waals surface area (Å²) in [5.41, 5.74) is 7.65. The molecule has 1 fully saturated rings. The Bertz CT molecular complexity index is 375. The van der Waals surface area contributed by atoms with Gasteiger partial charge in [0.2, 0.25) is 0 Å². The first kappa shape index (κ1) is 13.6. The van der Waals surface area contributed by atoms with Gasteiger partial charge in [0.15, 0.2) is 0 Å². The molecular weight excluding hydrogens is 222 g/mol. The second-order valence-corrected chi connectivity index (χ2v) is 6.38. The molecule has 18 heavy (non-hydrogen) atoms. The number of hydrogen-bond acceptors (Lipinski definition) is 2. The van der Waals surface area contributed by atoms with Crippen LogP contribution in [0.15, 0.2) is 12.3 Å². The zero-order valence-corrected chi connectivity index (χ0v) is 12.0. The number of rotatable bonds is 5. The standard InChI is InChI=1S/C15H27N3/c1-4-15(2,3)14(16)11-12-9-10-18(17-12)13-7-5-6-8-13/h9-10,13-14H,4-8,11,16H2,1-3H3. The predicted molar refractivity (Wildman–Crippen MR) is 75.5 cm³/mol. The Morgan fingerprint density at radius 3 is 2.72 bits per heavy atom. The summed E-state index contributed by atoms with van der Waals surface area (Å²) in [7, 11) is 0. The summed E-state index contributed by atoms with van der Waals surface area (Å²) in [4.78, 5) is 0. The minimum absolute atomic E-state index is 0.189. The fraction of sp³-hybridized carbons (Fsp3) is 0.800. The fourth-order valence-corrected chi connectivity index (χ4v) is 2.62. The van der Waals surface area contributed by atoms with Crippen molar-refractivity contribution in [3.05, 3.63) is 18.0 Å². The van der Waals surface area contributed by atoms with Crippen LogP contribution in [0.2, 0.25) is 0 Å². The monoisotopic (exact) mass is 249 g/mol. The van der Waals surface area contributed by atoms with Crippen molar-refractivity contribution < 1.29 is 0 Å². The summed E-state index contributed by atoms with van der Waals surface area (Å²) in [5, 5.41) is 4.72. The highest BCUT2D eigenvalue weighted by molar-refractivity contribution is 5.04. The lowest BCUT2D eigenvalue weighted by Gasteiger charge is -2.29. The van der Waals surface area contributed by atoms with Crippen LogP contribution in [-0.4, -0.2) is 15.8 Å². The first-order valence-electron chi connectivity index (χ1n) is 7.32. The molecule has 1 aliphatic carbocycles. The van der Waals surface area contributed by atoms with E-state index in [1.165, 1.54) is 25.7 Å². The maximum atomic E-state index is 6.31. The second-order valence-electron chi connectivity index (χ2n) is 6.38. The first-order chi connectivity index (χ1) is 8.53. The van der Waals surface area contributed by atoms with Crippen LogP contribution in [0, 0.1) is 5.41 Å². The smallest absolute Gasteiger partial charge is 0.0640 e. The zero-order chi connectivity index (χ0) is 13.2. The molecular formula is C15H27N3. The van der Waals surface area contributed by atoms with E-state index < -0.39 is 0 Å². The van der Waals surface area contributed by atoms with Gasteiger partial charge in [0.05, 0.1) is 11.7 Å². The summed E-state index contributed by atoms with van der Waals surface area (Å²) < 4.78 is 2.16. The molecule has 2 rings (SSSR count). The Labute approximate surface area is 111 Å². The van der Waals surface area contributed by atoms with Gasteiger partial charge in [0, 0.05) is 18.7 Å². The SMILES string of the molecule is CCC(C)(C)C(N)Cc1ccn(C2CCCC2)n1. The molecule has 0 spiro atoms. The van der Waals surface area contributed by atoms with E-state index in [4.69, 9.17) is 10.8 Å². The molecule has 1 aliphatic rings. The third-order valence-electron chi connectivity index (χ3n) is 4.71. The molecule has 0 aliphatic heterocycles. The van der Waals surface area contributed by atoms with Gasteiger partial charge in [-0.1, -0.05) is 33.6 Å². The molecule has 1 aromatic heterocycles. The van der Waals surface area contributed by atoms with Crippen LogP contribution in [0.1, 0.15) is 64.6 Å². The van der Waals surface area contributed by atoms with Gasteiger partial charge >= 0.3 is 0 Å². The van der Waals surface area contributed by atoms with Crippen LogP contribution in [0.4, 0.5) is 0 Å². The summed E-state index contributed by atoms with van der Waals surface area (Å²) in [6, 6.07) is 2.97. The normalized spacial score (nSPS) is 19.3. The molecule has 0 bridgehead atoms. The van der Waals surface area contributed by atoms with E-state index in [9.17, 15) is 0 Å². The molecule has 1 atom stereocenters. The molecule has 0 saturated heterocycles. The number of aromatic nitrogens is 2. The minimum atomic E-state index is 0.189. The average molecular weight is 249 g/mol. The van der Waals surface area contributed by atoms with Crippen molar-refractivity contribution in [3.8, 4) is 0 Å². The minimum Gasteiger partial charge on any atom is -0.327 e. The lowest BCUT2D eigenvalue weighted by molar-refractivity contribution is 0.270. The van der Waals surface area contributed by atoms with E-state index in [-0.39, 0.29) is 11.5 Å². The molecule has 2 N–H and O–H groups in total. The van der Waals surface area contributed by atoms with Crippen molar-refractivity contribution in [3.63, 3.8) is 0 Å². The van der Waals surface area contributed by atoms with Crippen molar-refractivity contribution in [2.75, 3.05) is 0 Å². The summed E-state index contributed by atoms with van der Waals surface area (Å²) >= 11 is 0. The quantitative estimate of drug-likeness (QED) is 0.870. The third kappa shape index (κ3) is 2.94. The zero-order valence-electron chi connectivity index (χ0n) is 12.0. The van der Waals surface area contributed by atoms with Crippen molar-refractivity contribution in [1.82, 2.24) is 9.78 Å². The van der Waals surface area contributed by atoms with Crippen LogP contribution in [0.5, 0.6) is 0 Å². The fourth-order valence-electron chi connectivity index (χ4n) is 2.62. The highest BCUT2D eigenvalue weighted by Crippen LogP contribution is 2.29. The van der Waals surface area contributed by atoms with Crippen LogP contribution < -0.4 is 5.73 Å². The van der Waals surface area contributed by atoms with Gasteiger partial charge in [-0.15, -0.1) is 0 Å². The van der Waals surface area contributed by atoms with Gasteiger partial charge < -0.3 is 5.73 Å². The first-order valence-corrected chi connectivity index (χ1v) is 7.32. The van der Waals surface area contributed by atoms with E-state index in [0.29, 0.717) is 6.04 Å². The average Bonchev–Trinajstić information content (AvgIpc) is 2.98. The Hall–Kier alpha value is -0.830. The molecule has 0 aromatic carbocycles. The molecule has 1 aromatic rings. The van der Waals surface area contributed by atoms with Crippen LogP contribution in [0.25, 0.3) is 0 Å². The summed E-state index contributed by atoms with van der Waals surface area (Å²) in [6.45, 7) is 6.69. The molecule has 1 heterocycles. The highest BCUT2D eigenvalue weighted by Gasteiger charge is 2.25. The van der Waals surface area contributed by atoms with Crippen LogP contribution in [-0.2, 0) is 6.42 Å². The lowest BCUT2D eigenvalue weighted by atomic mass is 9.80. The van der Waals surface area contributed by atoms with E-state index in [1.807, 2.05) is 0 Å². The summed E-state index contributed by atoms with van der Waals surface area (Å²) in [6.07, 6.45) is 9.40. The topological polar surface area (TPSA) is 43.8 Å². The van der Waals surface area contributed by atoms with Gasteiger partial charge in [0.25, 0.3) is 0 Å². The maximum absolute atomic E-state index is 6.31. The Morgan fingerprint density at radius 2 is 2.11 bits per heavy atom. The number of nitrogens with zero attached hydrogens (tertiary/aromatic N) is 2. The maximum Gasteiger partial charge on any atom is 0.0640 e. The van der Waals surface area contributed by atoms with E-state index in [0.717, 1.165) is 18.5 Å². The molecule has 0 amide bonds. The van der Waals surface area contributed by atoms with Gasteiger partial charge in [-0.05, 0) is 30.7 Å². The molecule has 102 valence electrons. The van der Waals surface area contributed by atoms with Crippen molar-refractivity contribution in [2.24, 2.45) is 11.1 Å². The van der Waals surface area contributed by atoms with Gasteiger partial charge in [-0.3, -0.25) is 4.68 Å². The Morgan fingerprint density at radius 1 is 1.44 bits per heavy atom. The number of nitrogens with two attached hydrogens (primary N) is 1. The molecule has 3 heteroatoms. The lowest BCUT2D eigenvalue weighted by Crippen LogP contribution is -2.38. The van der Waals surface area contributed by atoms with Crippen molar-refractivity contribution in [1.29, 1.82) is 0 Å². The van der Waals surface area contributed by atoms with Crippen molar-refractivity contribution >= 4 is 0 Å². The van der Waals surface area contributed by atoms with Gasteiger partial charge in [-0.2, -0.15) is 5.10 Å². The van der Waals surface area contributed by atoms with Crippen LogP contribution >= 0.6 is 0 Å². The van der Waals surface area contributed by atoms with E-state index >= 15 is 0 Å². The second kappa shape index (κ2) is 5.43. The van der Waals surface area contributed by atoms with E-state index in [2.05, 4.69) is 37.7 Å². The predicted octanol–water partition coefficient (Wildman–Crippen LogP) is 3.30. The molecule has 3 nitrogen and oxygen atoms in total. The van der Waals surface area contributed by atoms with Crippen LogP contribution in [0.3, 0.4) is 0 Å². The molecule has 1 saturated carbocycles. The molecule has 1 unspecified atom stereocenters. The largest absolute Gasteiger partial charge is 0.327 e.